The van der Waals surface area contributed by atoms with E-state index in [-0.39, 0.29) is 18.6 Å². The molecule has 1 atom stereocenters. The number of fused-ring (bicyclic) bond motifs is 2. The van der Waals surface area contributed by atoms with Gasteiger partial charge in [-0.3, -0.25) is 4.79 Å². The van der Waals surface area contributed by atoms with E-state index in [1.807, 2.05) is 37.4 Å². The predicted molar refractivity (Wildman–Crippen MR) is 130 cm³/mol. The minimum atomic E-state index is -0.214. The number of pyridine rings is 1. The molecule has 0 unspecified atom stereocenters. The van der Waals surface area contributed by atoms with Crippen molar-refractivity contribution in [3.8, 4) is 0 Å². The summed E-state index contributed by atoms with van der Waals surface area (Å²) in [6.07, 6.45) is 3.39. The largest absolute Gasteiger partial charge is 0.394 e. The van der Waals surface area contributed by atoms with Crippen LogP contribution in [0.15, 0.2) is 36.7 Å². The lowest BCUT2D eigenvalue weighted by molar-refractivity contribution is 0.00337. The van der Waals surface area contributed by atoms with Crippen molar-refractivity contribution in [1.82, 2.24) is 25.3 Å². The number of nitrogens with one attached hydrogen (secondary N) is 3. The number of aryl methyl sites for hydroxylation is 1. The zero-order valence-electron chi connectivity index (χ0n) is 19.1. The Morgan fingerprint density at radius 2 is 2.18 bits per heavy atom. The van der Waals surface area contributed by atoms with Crippen molar-refractivity contribution < 1.29 is 14.6 Å². The lowest BCUT2D eigenvalue weighted by Gasteiger charge is -2.32. The summed E-state index contributed by atoms with van der Waals surface area (Å²) in [4.78, 5) is 31.4. The van der Waals surface area contributed by atoms with Gasteiger partial charge in [-0.25, -0.2) is 15.0 Å². The highest BCUT2D eigenvalue weighted by Crippen LogP contribution is 2.26. The van der Waals surface area contributed by atoms with E-state index in [9.17, 15) is 9.90 Å². The number of aromatic amines is 1. The summed E-state index contributed by atoms with van der Waals surface area (Å²) in [5.74, 6) is 1.28. The van der Waals surface area contributed by atoms with Gasteiger partial charge in [0.1, 0.15) is 17.2 Å². The molecule has 0 aliphatic carbocycles. The summed E-state index contributed by atoms with van der Waals surface area (Å²) in [5, 5.41) is 16.5. The van der Waals surface area contributed by atoms with Crippen molar-refractivity contribution in [3.05, 3.63) is 53.3 Å². The molecular formula is C24H27N7O3. The number of hydrogen-bond acceptors (Lipinski definition) is 8. The number of hydrogen-bond donors (Lipinski definition) is 4. The molecule has 4 aromatic rings. The zero-order valence-corrected chi connectivity index (χ0v) is 19.1. The molecule has 10 heteroatoms. The molecule has 0 saturated carbocycles. The second kappa shape index (κ2) is 9.24. The van der Waals surface area contributed by atoms with Gasteiger partial charge in [0.05, 0.1) is 36.6 Å². The summed E-state index contributed by atoms with van der Waals surface area (Å²) in [7, 11) is 1.63. The van der Waals surface area contributed by atoms with Crippen LogP contribution in [-0.4, -0.2) is 70.4 Å². The fraction of sp³-hybridized carbons (Fsp3) is 0.333. The fourth-order valence-corrected chi connectivity index (χ4v) is 4.34. The number of morpholine rings is 1. The molecule has 176 valence electrons. The number of aliphatic hydroxyl groups is 1. The summed E-state index contributed by atoms with van der Waals surface area (Å²) in [5.41, 5.74) is 4.81. The lowest BCUT2D eigenvalue weighted by Crippen LogP contribution is -2.44. The Hall–Kier alpha value is -3.76. The number of amides is 1. The maximum Gasteiger partial charge on any atom is 0.253 e. The van der Waals surface area contributed by atoms with E-state index in [1.165, 1.54) is 0 Å². The van der Waals surface area contributed by atoms with E-state index in [1.54, 1.807) is 13.2 Å². The molecule has 1 aromatic carbocycles. The van der Waals surface area contributed by atoms with Gasteiger partial charge in [0.25, 0.3) is 5.91 Å². The monoisotopic (exact) mass is 461 g/mol. The first kappa shape index (κ1) is 22.1. The number of carbonyl (C=O) groups is 1. The number of ether oxygens (including phenoxy) is 1. The van der Waals surface area contributed by atoms with Crippen LogP contribution in [0.1, 0.15) is 21.5 Å². The Morgan fingerprint density at radius 1 is 1.29 bits per heavy atom. The summed E-state index contributed by atoms with van der Waals surface area (Å²) in [6, 6.07) is 7.61. The van der Waals surface area contributed by atoms with Crippen LogP contribution in [0.2, 0.25) is 0 Å². The average molecular weight is 462 g/mol. The highest BCUT2D eigenvalue weighted by Gasteiger charge is 2.21. The first-order valence-corrected chi connectivity index (χ1v) is 11.2. The molecule has 4 N–H and O–H groups in total. The number of nitrogens with zero attached hydrogens (tertiary/aromatic N) is 4. The molecule has 1 aliphatic heterocycles. The quantitative estimate of drug-likeness (QED) is 0.343. The highest BCUT2D eigenvalue weighted by atomic mass is 16.5. The van der Waals surface area contributed by atoms with Crippen LogP contribution >= 0.6 is 0 Å². The molecule has 1 amide bonds. The highest BCUT2D eigenvalue weighted by molar-refractivity contribution is 6.07. The Labute approximate surface area is 196 Å². The molecule has 3 aromatic heterocycles. The Balaban J connectivity index is 1.39. The molecule has 4 heterocycles. The molecule has 0 spiro atoms. The van der Waals surface area contributed by atoms with E-state index in [4.69, 9.17) is 9.72 Å². The molecule has 10 nitrogen and oxygen atoms in total. The summed E-state index contributed by atoms with van der Waals surface area (Å²) in [6.45, 7) is 4.35. The second-order valence-corrected chi connectivity index (χ2v) is 8.32. The molecule has 5 rings (SSSR count). The minimum absolute atomic E-state index is 0.0179. The van der Waals surface area contributed by atoms with E-state index in [0.717, 1.165) is 27.8 Å². The molecule has 34 heavy (non-hydrogen) atoms. The van der Waals surface area contributed by atoms with Crippen LogP contribution in [0.25, 0.3) is 22.1 Å². The fourth-order valence-electron chi connectivity index (χ4n) is 4.34. The van der Waals surface area contributed by atoms with Crippen LogP contribution < -0.4 is 15.5 Å². The molecule has 1 aliphatic rings. The topological polar surface area (TPSA) is 128 Å². The third-order valence-electron chi connectivity index (χ3n) is 6.11. The number of aliphatic hydroxyl groups excluding tert-OH is 1. The van der Waals surface area contributed by atoms with Crippen molar-refractivity contribution in [1.29, 1.82) is 0 Å². The maximum absolute atomic E-state index is 12.2. The molecule has 1 saturated heterocycles. The average Bonchev–Trinajstić information content (AvgIpc) is 3.28. The van der Waals surface area contributed by atoms with Crippen molar-refractivity contribution in [2.24, 2.45) is 0 Å². The number of H-pyrrole nitrogens is 1. The van der Waals surface area contributed by atoms with Gasteiger partial charge in [-0.15, -0.1) is 0 Å². The predicted octanol–water partition coefficient (Wildman–Crippen LogP) is 1.98. The van der Waals surface area contributed by atoms with Gasteiger partial charge in [-0.2, -0.15) is 0 Å². The van der Waals surface area contributed by atoms with Crippen LogP contribution in [0.5, 0.6) is 0 Å². The van der Waals surface area contributed by atoms with Crippen molar-refractivity contribution in [3.63, 3.8) is 0 Å². The van der Waals surface area contributed by atoms with Gasteiger partial charge in [0, 0.05) is 38.3 Å². The minimum Gasteiger partial charge on any atom is -0.394 e. The van der Waals surface area contributed by atoms with Crippen molar-refractivity contribution in [2.45, 2.75) is 19.6 Å². The standard InChI is InChI=1S/C24H27N7O3/c1-14-9-28-22-17(24(33)25-2)4-3-15(21(14)22)10-27-19-11-26-18-5-6-20(30-23(18)29-19)31-7-8-34-16(12-31)13-32/h3-6,9,11,16,28,32H,7-8,10,12-13H2,1-2H3,(H,25,33)(H,27,29,30)/t16-/m1/s1. The number of rotatable bonds is 6. The van der Waals surface area contributed by atoms with Gasteiger partial charge in [0.15, 0.2) is 5.65 Å². The van der Waals surface area contributed by atoms with E-state index < -0.39 is 0 Å². The van der Waals surface area contributed by atoms with Gasteiger partial charge < -0.3 is 30.4 Å². The number of anilines is 2. The van der Waals surface area contributed by atoms with Crippen LogP contribution in [-0.2, 0) is 11.3 Å². The van der Waals surface area contributed by atoms with E-state index >= 15 is 0 Å². The third-order valence-corrected chi connectivity index (χ3v) is 6.11. The van der Waals surface area contributed by atoms with Crippen LogP contribution in [0, 0.1) is 6.92 Å². The molecule has 0 bridgehead atoms. The van der Waals surface area contributed by atoms with Gasteiger partial charge >= 0.3 is 0 Å². The molecule has 0 radical (unpaired) electrons. The normalized spacial score (nSPS) is 16.2. The molecular weight excluding hydrogens is 434 g/mol. The summed E-state index contributed by atoms with van der Waals surface area (Å²) < 4.78 is 5.54. The van der Waals surface area contributed by atoms with Crippen LogP contribution in [0.4, 0.5) is 11.6 Å². The molecule has 1 fully saturated rings. The number of carbonyl (C=O) groups excluding carboxylic acids is 1. The number of aromatic nitrogens is 4. The smallest absolute Gasteiger partial charge is 0.253 e. The number of benzene rings is 1. The Kier molecular flexibility index (Phi) is 5.99. The first-order chi connectivity index (χ1) is 16.6. The van der Waals surface area contributed by atoms with Crippen molar-refractivity contribution >= 4 is 39.6 Å². The Bertz CT molecular complexity index is 1350. The Morgan fingerprint density at radius 3 is 3.00 bits per heavy atom. The van der Waals surface area contributed by atoms with E-state index in [0.29, 0.717) is 48.8 Å². The van der Waals surface area contributed by atoms with Gasteiger partial charge in [-0.05, 0) is 36.2 Å². The maximum atomic E-state index is 12.2. The summed E-state index contributed by atoms with van der Waals surface area (Å²) >= 11 is 0. The second-order valence-electron chi connectivity index (χ2n) is 8.32. The van der Waals surface area contributed by atoms with Crippen molar-refractivity contribution in [2.75, 3.05) is 43.6 Å². The lowest BCUT2D eigenvalue weighted by atomic mass is 10.0. The van der Waals surface area contributed by atoms with E-state index in [2.05, 4.69) is 30.5 Å². The first-order valence-electron chi connectivity index (χ1n) is 11.2. The van der Waals surface area contributed by atoms with Gasteiger partial charge in [0.2, 0.25) is 0 Å². The van der Waals surface area contributed by atoms with Gasteiger partial charge in [-0.1, -0.05) is 6.07 Å². The third kappa shape index (κ3) is 4.13. The zero-order chi connectivity index (χ0) is 23.7. The van der Waals surface area contributed by atoms with Crippen LogP contribution in [0.3, 0.4) is 0 Å². The SMILES string of the molecule is CNC(=O)c1ccc(CNc2cnc3ccc(N4CCO[C@@H](CO)C4)nc3n2)c2c(C)c[nH]c12.